The summed E-state index contributed by atoms with van der Waals surface area (Å²) in [7, 11) is -1.19. The van der Waals surface area contributed by atoms with Crippen molar-refractivity contribution >= 4 is 9.84 Å². The fourth-order valence-corrected chi connectivity index (χ4v) is 4.13. The molecule has 1 aliphatic heterocycles. The number of rotatable bonds is 5. The van der Waals surface area contributed by atoms with Crippen LogP contribution in [0, 0.1) is 6.92 Å². The number of aromatic nitrogens is 2. The molecule has 0 spiro atoms. The normalized spacial score (nSPS) is 26.0. The molecule has 3 rings (SSSR count). The second-order valence-corrected chi connectivity index (χ2v) is 9.49. The van der Waals surface area contributed by atoms with E-state index < -0.39 is 9.84 Å². The highest BCUT2D eigenvalue weighted by Gasteiger charge is 2.27. The standard InChI is InChI=1S/C18H29N3O4S/c1-13-18(19-12-17(20-13)26(3,22)23)25-15-6-4-14(5-7-15)24-16-8-10-21(2)11-9-16/h12,14-16H,4-11H2,1-3H3/t14-,15-. The maximum atomic E-state index is 11.5. The zero-order valence-electron chi connectivity index (χ0n) is 15.8. The maximum absolute atomic E-state index is 11.5. The molecule has 0 amide bonds. The van der Waals surface area contributed by atoms with Crippen molar-refractivity contribution < 1.29 is 17.9 Å². The van der Waals surface area contributed by atoms with Crippen molar-refractivity contribution in [2.75, 3.05) is 26.4 Å². The van der Waals surface area contributed by atoms with Crippen molar-refractivity contribution in [3.8, 4) is 5.88 Å². The average Bonchev–Trinajstić information content (AvgIpc) is 2.59. The summed E-state index contributed by atoms with van der Waals surface area (Å²) in [5.41, 5.74) is 0.512. The van der Waals surface area contributed by atoms with E-state index in [-0.39, 0.29) is 11.1 Å². The molecule has 2 aliphatic rings. The Bertz CT molecular complexity index is 709. The molecule has 2 heterocycles. The van der Waals surface area contributed by atoms with Crippen molar-refractivity contribution in [2.45, 2.75) is 68.8 Å². The summed E-state index contributed by atoms with van der Waals surface area (Å²) in [4.78, 5) is 10.6. The summed E-state index contributed by atoms with van der Waals surface area (Å²) in [5.74, 6) is 0.428. The first-order chi connectivity index (χ1) is 12.3. The average molecular weight is 384 g/mol. The SMILES string of the molecule is Cc1nc(S(C)(=O)=O)cnc1O[C@H]1CC[C@H](OC2CCN(C)CC2)CC1. The Morgan fingerprint density at radius 1 is 1.04 bits per heavy atom. The molecule has 1 saturated heterocycles. The van der Waals surface area contributed by atoms with Crippen LogP contribution in [0.3, 0.4) is 0 Å². The molecule has 0 atom stereocenters. The topological polar surface area (TPSA) is 81.6 Å². The summed E-state index contributed by atoms with van der Waals surface area (Å²) in [6.45, 7) is 3.96. The van der Waals surface area contributed by atoms with E-state index in [4.69, 9.17) is 9.47 Å². The summed E-state index contributed by atoms with van der Waals surface area (Å²) in [5, 5.41) is -0.0161. The van der Waals surface area contributed by atoms with Gasteiger partial charge in [-0.05, 0) is 52.5 Å². The van der Waals surface area contributed by atoms with Crippen LogP contribution in [0.5, 0.6) is 5.88 Å². The quantitative estimate of drug-likeness (QED) is 0.769. The smallest absolute Gasteiger partial charge is 0.235 e. The van der Waals surface area contributed by atoms with Gasteiger partial charge in [-0.1, -0.05) is 0 Å². The summed E-state index contributed by atoms with van der Waals surface area (Å²) >= 11 is 0. The minimum Gasteiger partial charge on any atom is -0.473 e. The molecule has 7 nitrogen and oxygen atoms in total. The number of aryl methyl sites for hydroxylation is 1. The molecule has 1 aliphatic carbocycles. The van der Waals surface area contributed by atoms with E-state index in [1.54, 1.807) is 6.92 Å². The predicted octanol–water partition coefficient (Wildman–Crippen LogP) is 1.99. The van der Waals surface area contributed by atoms with Crippen LogP contribution in [0.1, 0.15) is 44.2 Å². The van der Waals surface area contributed by atoms with E-state index in [0.29, 0.717) is 23.8 Å². The highest BCUT2D eigenvalue weighted by Crippen LogP contribution is 2.28. The van der Waals surface area contributed by atoms with Crippen LogP contribution < -0.4 is 4.74 Å². The minimum atomic E-state index is -3.35. The van der Waals surface area contributed by atoms with Gasteiger partial charge in [0.05, 0.1) is 18.4 Å². The third kappa shape index (κ3) is 5.14. The molecule has 0 unspecified atom stereocenters. The second-order valence-electron chi connectivity index (χ2n) is 7.53. The number of piperidine rings is 1. The van der Waals surface area contributed by atoms with Crippen LogP contribution in [-0.4, -0.2) is 68.0 Å². The zero-order chi connectivity index (χ0) is 18.7. The van der Waals surface area contributed by atoms with E-state index in [2.05, 4.69) is 21.9 Å². The molecule has 0 aromatic carbocycles. The Hall–Kier alpha value is -1.25. The van der Waals surface area contributed by atoms with Gasteiger partial charge in [-0.2, -0.15) is 0 Å². The molecule has 1 aromatic rings. The molecule has 0 radical (unpaired) electrons. The van der Waals surface area contributed by atoms with Gasteiger partial charge < -0.3 is 14.4 Å². The van der Waals surface area contributed by atoms with Crippen LogP contribution in [-0.2, 0) is 14.6 Å². The van der Waals surface area contributed by atoms with Gasteiger partial charge in [-0.3, -0.25) is 0 Å². The van der Waals surface area contributed by atoms with Gasteiger partial charge in [0.25, 0.3) is 0 Å². The Labute approximate surface area is 156 Å². The summed E-state index contributed by atoms with van der Waals surface area (Å²) in [6, 6.07) is 0. The zero-order valence-corrected chi connectivity index (χ0v) is 16.7. The van der Waals surface area contributed by atoms with Crippen LogP contribution in [0.2, 0.25) is 0 Å². The van der Waals surface area contributed by atoms with Crippen molar-refractivity contribution in [1.29, 1.82) is 0 Å². The lowest BCUT2D eigenvalue weighted by Gasteiger charge is -2.34. The van der Waals surface area contributed by atoms with E-state index in [9.17, 15) is 8.42 Å². The van der Waals surface area contributed by atoms with Gasteiger partial charge >= 0.3 is 0 Å². The Morgan fingerprint density at radius 2 is 1.62 bits per heavy atom. The molecule has 0 N–H and O–H groups in total. The molecule has 26 heavy (non-hydrogen) atoms. The van der Waals surface area contributed by atoms with Gasteiger partial charge in [0.15, 0.2) is 14.9 Å². The molecule has 1 saturated carbocycles. The first-order valence-electron chi connectivity index (χ1n) is 9.35. The van der Waals surface area contributed by atoms with Crippen LogP contribution in [0.4, 0.5) is 0 Å². The first-order valence-corrected chi connectivity index (χ1v) is 11.2. The summed E-state index contributed by atoms with van der Waals surface area (Å²) in [6.07, 6.45) is 9.27. The third-order valence-electron chi connectivity index (χ3n) is 5.21. The molecule has 2 fully saturated rings. The highest BCUT2D eigenvalue weighted by molar-refractivity contribution is 7.90. The fraction of sp³-hybridized carbons (Fsp3) is 0.778. The minimum absolute atomic E-state index is 0.0161. The monoisotopic (exact) mass is 383 g/mol. The number of hydrogen-bond acceptors (Lipinski definition) is 7. The molecule has 8 heteroatoms. The number of nitrogens with zero attached hydrogens (tertiary/aromatic N) is 3. The second kappa shape index (κ2) is 8.19. The van der Waals surface area contributed by atoms with Gasteiger partial charge in [-0.15, -0.1) is 0 Å². The largest absolute Gasteiger partial charge is 0.473 e. The molecule has 1 aromatic heterocycles. The summed E-state index contributed by atoms with van der Waals surface area (Å²) < 4.78 is 35.3. The number of likely N-dealkylation sites (tertiary alicyclic amines) is 1. The highest BCUT2D eigenvalue weighted by atomic mass is 32.2. The Balaban J connectivity index is 1.48. The van der Waals surface area contributed by atoms with Crippen molar-refractivity contribution in [1.82, 2.24) is 14.9 Å². The van der Waals surface area contributed by atoms with Crippen molar-refractivity contribution in [3.05, 3.63) is 11.9 Å². The molecular weight excluding hydrogens is 354 g/mol. The fourth-order valence-electron chi connectivity index (χ4n) is 3.58. The Kier molecular flexibility index (Phi) is 6.14. The van der Waals surface area contributed by atoms with E-state index in [1.807, 2.05) is 0 Å². The third-order valence-corrected chi connectivity index (χ3v) is 6.17. The van der Waals surface area contributed by atoms with E-state index >= 15 is 0 Å². The lowest BCUT2D eigenvalue weighted by atomic mass is 9.94. The Morgan fingerprint density at radius 3 is 2.19 bits per heavy atom. The lowest BCUT2D eigenvalue weighted by Crippen LogP contribution is -2.38. The molecular formula is C18H29N3O4S. The first kappa shape index (κ1) is 19.5. The van der Waals surface area contributed by atoms with E-state index in [0.717, 1.165) is 57.9 Å². The predicted molar refractivity (Wildman–Crippen MR) is 98.2 cm³/mol. The molecule has 146 valence electrons. The number of ether oxygens (including phenoxy) is 2. The number of sulfone groups is 1. The van der Waals surface area contributed by atoms with E-state index in [1.165, 1.54) is 6.20 Å². The molecule has 0 bridgehead atoms. The van der Waals surface area contributed by atoms with Crippen LogP contribution in [0.25, 0.3) is 0 Å². The van der Waals surface area contributed by atoms with Crippen molar-refractivity contribution in [2.24, 2.45) is 0 Å². The van der Waals surface area contributed by atoms with Crippen LogP contribution in [0.15, 0.2) is 11.2 Å². The van der Waals surface area contributed by atoms with Gasteiger partial charge in [-0.25, -0.2) is 18.4 Å². The van der Waals surface area contributed by atoms with Gasteiger partial charge in [0, 0.05) is 19.3 Å². The van der Waals surface area contributed by atoms with Gasteiger partial charge in [0.1, 0.15) is 11.8 Å². The van der Waals surface area contributed by atoms with Gasteiger partial charge in [0.2, 0.25) is 5.88 Å². The number of hydrogen-bond donors (Lipinski definition) is 0. The maximum Gasteiger partial charge on any atom is 0.235 e. The lowest BCUT2D eigenvalue weighted by molar-refractivity contribution is -0.0646. The van der Waals surface area contributed by atoms with Crippen LogP contribution >= 0.6 is 0 Å². The van der Waals surface area contributed by atoms with Crippen molar-refractivity contribution in [3.63, 3.8) is 0 Å².